The van der Waals surface area contributed by atoms with E-state index in [0.29, 0.717) is 11.3 Å². The molecule has 26 nitrogen and oxygen atoms in total. The first kappa shape index (κ1) is 60.8. The van der Waals surface area contributed by atoms with E-state index in [-0.39, 0.29) is 55.4 Å². The Morgan fingerprint density at radius 3 is 1.62 bits per heavy atom. The molecule has 0 saturated heterocycles. The molecule has 1 heterocycles. The van der Waals surface area contributed by atoms with Crippen LogP contribution < -0.4 is 48.3 Å². The number of H-pyrrole nitrogens is 1. The van der Waals surface area contributed by atoms with Gasteiger partial charge in [0.05, 0.1) is 25.8 Å². The molecule has 398 valence electrons. The fraction of sp³-hybridized carbons (Fsp3) is 0.556. The minimum Gasteiger partial charge on any atom is -0.508 e. The topological polar surface area (TPSA) is 420 Å². The highest BCUT2D eigenvalue weighted by Gasteiger charge is 2.34. The Morgan fingerprint density at radius 1 is 0.611 bits per heavy atom. The number of carboxylic acid groups (broad SMARTS) is 3. The molecule has 72 heavy (non-hydrogen) atoms. The number of hydrogen-bond acceptors (Lipinski definition) is 15. The van der Waals surface area contributed by atoms with Crippen LogP contribution in [0.15, 0.2) is 36.8 Å². The van der Waals surface area contributed by atoms with E-state index in [0.717, 1.165) is 0 Å². The summed E-state index contributed by atoms with van der Waals surface area (Å²) >= 11 is 1.28. The van der Waals surface area contributed by atoms with Gasteiger partial charge in [-0.05, 0) is 67.2 Å². The lowest BCUT2D eigenvalue weighted by molar-refractivity contribution is -0.143. The molecule has 0 saturated carbocycles. The maximum absolute atomic E-state index is 13.8. The molecule has 0 aliphatic carbocycles. The van der Waals surface area contributed by atoms with Gasteiger partial charge in [-0.3, -0.25) is 47.9 Å². The summed E-state index contributed by atoms with van der Waals surface area (Å²) in [4.78, 5) is 150. The molecule has 2 aromatic rings. The lowest BCUT2D eigenvalue weighted by Crippen LogP contribution is -2.59. The predicted octanol–water partition coefficient (Wildman–Crippen LogP) is -2.36. The summed E-state index contributed by atoms with van der Waals surface area (Å²) in [5.41, 5.74) is 6.22. The minimum absolute atomic E-state index is 0.0547. The van der Waals surface area contributed by atoms with Gasteiger partial charge in [-0.25, -0.2) is 9.78 Å². The number of imidazole rings is 1. The van der Waals surface area contributed by atoms with Gasteiger partial charge in [0, 0.05) is 31.2 Å². The van der Waals surface area contributed by atoms with E-state index < -0.39 is 140 Å². The summed E-state index contributed by atoms with van der Waals surface area (Å²) < 4.78 is 0. The molecule has 0 spiro atoms. The predicted molar refractivity (Wildman–Crippen MR) is 258 cm³/mol. The van der Waals surface area contributed by atoms with Crippen molar-refractivity contribution < 1.29 is 73.2 Å². The number of benzene rings is 1. The highest BCUT2D eigenvalue weighted by atomic mass is 32.2. The summed E-state index contributed by atoms with van der Waals surface area (Å²) in [7, 11) is 0. The first-order valence-electron chi connectivity index (χ1n) is 22.9. The van der Waals surface area contributed by atoms with Gasteiger partial charge in [-0.2, -0.15) is 11.8 Å². The molecule has 0 unspecified atom stereocenters. The number of amides is 8. The van der Waals surface area contributed by atoms with Gasteiger partial charge in [-0.15, -0.1) is 0 Å². The maximum Gasteiger partial charge on any atom is 0.326 e. The van der Waals surface area contributed by atoms with E-state index in [1.54, 1.807) is 34.0 Å². The number of aromatic amines is 1. The van der Waals surface area contributed by atoms with E-state index in [9.17, 15) is 73.2 Å². The summed E-state index contributed by atoms with van der Waals surface area (Å²) in [6.45, 7) is 5.76. The molecule has 1 aromatic carbocycles. The van der Waals surface area contributed by atoms with Crippen molar-refractivity contribution in [1.29, 1.82) is 0 Å². The number of aliphatic carboxylic acids is 3. The van der Waals surface area contributed by atoms with Gasteiger partial charge in [0.25, 0.3) is 0 Å². The van der Waals surface area contributed by atoms with Crippen LogP contribution in [0, 0.1) is 11.8 Å². The van der Waals surface area contributed by atoms with Gasteiger partial charge in [0.15, 0.2) is 0 Å². The maximum atomic E-state index is 13.8. The zero-order valence-electron chi connectivity index (χ0n) is 40.7. The number of carboxylic acids is 3. The highest BCUT2D eigenvalue weighted by molar-refractivity contribution is 7.98. The van der Waals surface area contributed by atoms with Crippen molar-refractivity contribution in [2.24, 2.45) is 17.6 Å². The third-order valence-corrected chi connectivity index (χ3v) is 11.1. The van der Waals surface area contributed by atoms with Crippen LogP contribution in [0.3, 0.4) is 0 Å². The molecule has 2 rings (SSSR count). The van der Waals surface area contributed by atoms with Gasteiger partial charge in [-0.1, -0.05) is 39.8 Å². The SMILES string of the molecule is CSCC[C@H](NC(=O)CNC(=O)[C@H](CC(=O)O)NC(=O)[C@H](Cc1ccc(O)cc1)NC(=O)[C@H](CC(C)C)NC(=O)CN)C(=O)N[C@@H](CCC(=O)O)C(=O)N[C@@H](Cc1cnc[nH]1)C(=O)N[C@@H](CC(C)C)C(=O)O. The molecule has 0 fully saturated rings. The van der Waals surface area contributed by atoms with Crippen LogP contribution in [0.2, 0.25) is 0 Å². The van der Waals surface area contributed by atoms with Crippen molar-refractivity contribution in [3.8, 4) is 5.75 Å². The second-order valence-corrected chi connectivity index (χ2v) is 18.5. The van der Waals surface area contributed by atoms with E-state index >= 15 is 0 Å². The molecule has 27 heteroatoms. The van der Waals surface area contributed by atoms with Crippen LogP contribution in [-0.4, -0.2) is 163 Å². The summed E-state index contributed by atoms with van der Waals surface area (Å²) in [5.74, 6) is -11.8. The van der Waals surface area contributed by atoms with Crippen molar-refractivity contribution in [1.82, 2.24) is 52.5 Å². The Balaban J connectivity index is 2.31. The van der Waals surface area contributed by atoms with Crippen LogP contribution in [0.25, 0.3) is 0 Å². The van der Waals surface area contributed by atoms with Crippen LogP contribution in [0.4, 0.5) is 0 Å². The van der Waals surface area contributed by atoms with Gasteiger partial charge < -0.3 is 73.7 Å². The van der Waals surface area contributed by atoms with Gasteiger partial charge in [0.2, 0.25) is 47.3 Å². The van der Waals surface area contributed by atoms with Crippen molar-refractivity contribution in [2.45, 2.75) is 121 Å². The Morgan fingerprint density at radius 2 is 1.11 bits per heavy atom. The average Bonchev–Trinajstić information content (AvgIpc) is 3.82. The fourth-order valence-corrected chi connectivity index (χ4v) is 7.35. The zero-order valence-corrected chi connectivity index (χ0v) is 41.5. The van der Waals surface area contributed by atoms with Crippen molar-refractivity contribution in [3.05, 3.63) is 48.0 Å². The molecule has 0 aliphatic rings. The lowest BCUT2D eigenvalue weighted by atomic mass is 10.0. The second-order valence-electron chi connectivity index (χ2n) is 17.5. The number of phenols is 1. The number of nitrogens with two attached hydrogens (primary N) is 1. The number of thioether (sulfide) groups is 1. The Labute approximate surface area is 419 Å². The normalized spacial score (nSPS) is 13.9. The van der Waals surface area contributed by atoms with E-state index in [1.807, 2.05) is 0 Å². The van der Waals surface area contributed by atoms with Crippen LogP contribution in [0.5, 0.6) is 5.75 Å². The molecular formula is C45H67N11O15S. The van der Waals surface area contributed by atoms with E-state index in [1.165, 1.54) is 48.6 Å². The first-order valence-corrected chi connectivity index (χ1v) is 24.3. The molecular weight excluding hydrogens is 967 g/mol. The molecule has 15 N–H and O–H groups in total. The van der Waals surface area contributed by atoms with E-state index in [2.05, 4.69) is 52.5 Å². The minimum atomic E-state index is -1.83. The molecule has 1 aromatic heterocycles. The number of aromatic hydroxyl groups is 1. The highest BCUT2D eigenvalue weighted by Crippen LogP contribution is 2.14. The van der Waals surface area contributed by atoms with E-state index in [4.69, 9.17) is 5.73 Å². The third-order valence-electron chi connectivity index (χ3n) is 10.5. The smallest absolute Gasteiger partial charge is 0.326 e. The van der Waals surface area contributed by atoms with Crippen molar-refractivity contribution in [2.75, 3.05) is 25.1 Å². The number of aromatic nitrogens is 2. The fourth-order valence-electron chi connectivity index (χ4n) is 6.87. The molecule has 0 aliphatic heterocycles. The monoisotopic (exact) mass is 1030 g/mol. The number of nitrogens with one attached hydrogen (secondary N) is 9. The van der Waals surface area contributed by atoms with Crippen LogP contribution in [-0.2, 0) is 65.6 Å². The number of rotatable bonds is 33. The first-order chi connectivity index (χ1) is 33.9. The third kappa shape index (κ3) is 23.1. The van der Waals surface area contributed by atoms with Crippen molar-refractivity contribution >= 4 is 76.9 Å². The van der Waals surface area contributed by atoms with Crippen LogP contribution >= 0.6 is 11.8 Å². The number of phenolic OH excluding ortho intramolecular Hbond substituents is 1. The summed E-state index contributed by atoms with van der Waals surface area (Å²) in [6, 6.07) is -4.68. The largest absolute Gasteiger partial charge is 0.508 e. The van der Waals surface area contributed by atoms with Gasteiger partial charge >= 0.3 is 17.9 Å². The van der Waals surface area contributed by atoms with Gasteiger partial charge in [0.1, 0.15) is 48.0 Å². The Hall–Kier alpha value is -7.29. The zero-order chi connectivity index (χ0) is 54.1. The second kappa shape index (κ2) is 31.1. The molecule has 0 bridgehead atoms. The lowest BCUT2D eigenvalue weighted by Gasteiger charge is -2.26. The summed E-state index contributed by atoms with van der Waals surface area (Å²) in [5, 5.41) is 57.9. The van der Waals surface area contributed by atoms with Crippen LogP contribution in [0.1, 0.15) is 77.5 Å². The average molecular weight is 1030 g/mol. The number of nitrogens with zero attached hydrogens (tertiary/aromatic N) is 1. The summed E-state index contributed by atoms with van der Waals surface area (Å²) in [6.07, 6.45) is 1.93. The Kier molecular flexibility index (Phi) is 26.3. The quantitative estimate of drug-likeness (QED) is 0.0355. The standard InChI is InChI=1S/C45H67N11O15S/c1-23(2)14-30(51-35(58)19-46)42(67)53-31(16-25-6-8-27(57)9-7-25)43(68)55-33(18-38(62)63)39(64)48-21-36(59)50-29(12-13-72-5)41(66)52-28(10-11-37(60)61)40(65)54-32(17-26-20-47-22-49-26)44(69)56-34(45(70)71)15-24(3)4/h6-9,20,22-24,28-34,57H,10-19,21,46H2,1-5H3,(H,47,49)(H,48,64)(H,50,59)(H,51,58)(H,52,66)(H,53,67)(H,54,65)(H,55,68)(H,56,69)(H,60,61)(H,62,63)(H,70,71)/t28-,29-,30-,31-,32-,33-,34-/m0/s1. The molecule has 8 amide bonds. The number of carbonyl (C=O) groups excluding carboxylic acids is 8. The number of carbonyl (C=O) groups is 11. The molecule has 0 radical (unpaired) electrons. The van der Waals surface area contributed by atoms with Crippen molar-refractivity contribution in [3.63, 3.8) is 0 Å². The molecule has 7 atom stereocenters. The number of hydrogen-bond donors (Lipinski definition) is 14. The Bertz CT molecular complexity index is 2180.